The minimum Gasteiger partial charge on any atom is -0.377 e. The molecule has 1 saturated carbocycles. The molecule has 1 aliphatic carbocycles. The van der Waals surface area contributed by atoms with E-state index in [4.69, 9.17) is 22.1 Å². The maximum atomic E-state index is 6.30. The van der Waals surface area contributed by atoms with Gasteiger partial charge in [0.05, 0.1) is 11.8 Å². The van der Waals surface area contributed by atoms with Crippen LogP contribution in [0.2, 0.25) is 5.15 Å². The number of hydrogen-bond acceptors (Lipinski definition) is 3. The van der Waals surface area contributed by atoms with Crippen molar-refractivity contribution in [2.75, 3.05) is 6.61 Å². The fraction of sp³-hybridized carbons (Fsp3) is 0.769. The van der Waals surface area contributed by atoms with Gasteiger partial charge in [-0.05, 0) is 39.0 Å². The maximum absolute atomic E-state index is 6.30. The molecule has 1 aromatic heterocycles. The van der Waals surface area contributed by atoms with Gasteiger partial charge in [-0.3, -0.25) is 4.68 Å². The van der Waals surface area contributed by atoms with Crippen LogP contribution in [0.15, 0.2) is 0 Å². The summed E-state index contributed by atoms with van der Waals surface area (Å²) in [6, 6.07) is -0.00199. The molecule has 0 radical (unpaired) electrons. The highest BCUT2D eigenvalue weighted by Gasteiger charge is 2.36. The number of rotatable bonds is 6. The number of aryl methyl sites for hydroxylation is 2. The molecule has 0 bridgehead atoms. The summed E-state index contributed by atoms with van der Waals surface area (Å²) < 4.78 is 7.49. The van der Waals surface area contributed by atoms with Crippen LogP contribution in [-0.2, 0) is 18.2 Å². The van der Waals surface area contributed by atoms with Gasteiger partial charge in [-0.15, -0.1) is 0 Å². The molecule has 1 fully saturated rings. The molecule has 102 valence electrons. The number of nitrogens with zero attached hydrogens (tertiary/aromatic N) is 2. The average Bonchev–Trinajstić information content (AvgIpc) is 3.12. The second-order valence-corrected chi connectivity index (χ2v) is 5.46. The van der Waals surface area contributed by atoms with E-state index in [0.29, 0.717) is 17.7 Å². The highest BCUT2D eigenvalue weighted by atomic mass is 35.5. The number of ether oxygens (including phenoxy) is 1. The van der Waals surface area contributed by atoms with E-state index in [1.807, 2.05) is 20.9 Å². The molecule has 2 unspecified atom stereocenters. The highest BCUT2D eigenvalue weighted by molar-refractivity contribution is 6.30. The number of nitrogens with two attached hydrogens (primary N) is 1. The lowest BCUT2D eigenvalue weighted by Crippen LogP contribution is -2.40. The molecule has 2 atom stereocenters. The molecule has 0 saturated heterocycles. The Kier molecular flexibility index (Phi) is 4.30. The van der Waals surface area contributed by atoms with Gasteiger partial charge in [0.25, 0.3) is 0 Å². The molecular weight excluding hydrogens is 250 g/mol. The lowest BCUT2D eigenvalue weighted by Gasteiger charge is -2.23. The highest BCUT2D eigenvalue weighted by Crippen LogP contribution is 2.36. The Morgan fingerprint density at radius 1 is 1.56 bits per heavy atom. The first-order valence-electron chi connectivity index (χ1n) is 6.59. The van der Waals surface area contributed by atoms with Gasteiger partial charge in [0.1, 0.15) is 5.15 Å². The molecule has 2 N–H and O–H groups in total. The minimum atomic E-state index is -0.00199. The summed E-state index contributed by atoms with van der Waals surface area (Å²) in [6.45, 7) is 4.71. The monoisotopic (exact) mass is 271 g/mol. The Morgan fingerprint density at radius 2 is 2.22 bits per heavy atom. The summed E-state index contributed by atoms with van der Waals surface area (Å²) in [4.78, 5) is 0. The normalized spacial score (nSPS) is 18.9. The standard InChI is InChI=1S/C13H22ClN3O/c1-4-18-12(9-5-6-9)11(15)7-10-8(2)16-17(3)13(10)14/h9,11-12H,4-7,15H2,1-3H3. The van der Waals surface area contributed by atoms with E-state index in [1.165, 1.54) is 12.8 Å². The van der Waals surface area contributed by atoms with E-state index in [1.54, 1.807) is 4.68 Å². The summed E-state index contributed by atoms with van der Waals surface area (Å²) in [5.41, 5.74) is 8.32. The van der Waals surface area contributed by atoms with Gasteiger partial charge in [0.15, 0.2) is 0 Å². The van der Waals surface area contributed by atoms with Gasteiger partial charge in [-0.2, -0.15) is 5.10 Å². The first-order valence-corrected chi connectivity index (χ1v) is 6.97. The van der Waals surface area contributed by atoms with Crippen molar-refractivity contribution in [1.29, 1.82) is 0 Å². The van der Waals surface area contributed by atoms with Crippen LogP contribution in [0, 0.1) is 12.8 Å². The molecule has 5 heteroatoms. The van der Waals surface area contributed by atoms with Crippen LogP contribution in [-0.4, -0.2) is 28.5 Å². The van der Waals surface area contributed by atoms with E-state index in [0.717, 1.165) is 17.7 Å². The predicted octanol–water partition coefficient (Wildman–Crippen LogP) is 2.07. The molecule has 18 heavy (non-hydrogen) atoms. The van der Waals surface area contributed by atoms with Gasteiger partial charge < -0.3 is 10.5 Å². The summed E-state index contributed by atoms with van der Waals surface area (Å²) in [6.07, 6.45) is 3.36. The third kappa shape index (κ3) is 2.87. The fourth-order valence-corrected chi connectivity index (χ4v) is 2.74. The van der Waals surface area contributed by atoms with Crippen molar-refractivity contribution in [3.63, 3.8) is 0 Å². The number of halogens is 1. The molecule has 1 aliphatic rings. The van der Waals surface area contributed by atoms with Gasteiger partial charge in [-0.25, -0.2) is 0 Å². The average molecular weight is 272 g/mol. The predicted molar refractivity (Wildman–Crippen MR) is 72.8 cm³/mol. The molecule has 0 spiro atoms. The molecule has 0 amide bonds. The van der Waals surface area contributed by atoms with Crippen LogP contribution >= 0.6 is 11.6 Å². The molecule has 0 aliphatic heterocycles. The Morgan fingerprint density at radius 3 is 2.67 bits per heavy atom. The van der Waals surface area contributed by atoms with Crippen LogP contribution in [0.3, 0.4) is 0 Å². The zero-order valence-electron chi connectivity index (χ0n) is 11.3. The molecule has 1 aromatic rings. The second-order valence-electron chi connectivity index (χ2n) is 5.10. The maximum Gasteiger partial charge on any atom is 0.130 e. The largest absolute Gasteiger partial charge is 0.377 e. The van der Waals surface area contributed by atoms with Crippen molar-refractivity contribution < 1.29 is 4.74 Å². The summed E-state index contributed by atoms with van der Waals surface area (Å²) in [5.74, 6) is 0.635. The zero-order valence-corrected chi connectivity index (χ0v) is 12.1. The second kappa shape index (κ2) is 5.59. The van der Waals surface area contributed by atoms with Crippen molar-refractivity contribution in [3.05, 3.63) is 16.4 Å². The zero-order chi connectivity index (χ0) is 13.3. The molecular formula is C13H22ClN3O. The van der Waals surface area contributed by atoms with Gasteiger partial charge in [-0.1, -0.05) is 11.6 Å². The molecule has 1 heterocycles. The van der Waals surface area contributed by atoms with Crippen LogP contribution in [0.4, 0.5) is 0 Å². The van der Waals surface area contributed by atoms with Gasteiger partial charge in [0, 0.05) is 25.3 Å². The topological polar surface area (TPSA) is 53.1 Å². The Bertz CT molecular complexity index is 415. The molecule has 4 nitrogen and oxygen atoms in total. The Balaban J connectivity index is 2.07. The van der Waals surface area contributed by atoms with E-state index in [9.17, 15) is 0 Å². The lowest BCUT2D eigenvalue weighted by molar-refractivity contribution is 0.0287. The van der Waals surface area contributed by atoms with Crippen LogP contribution in [0.25, 0.3) is 0 Å². The molecule has 0 aromatic carbocycles. The quantitative estimate of drug-likeness (QED) is 0.862. The SMILES string of the molecule is CCOC(C(N)Cc1c(C)nn(C)c1Cl)C1CC1. The van der Waals surface area contributed by atoms with Crippen LogP contribution in [0.5, 0.6) is 0 Å². The van der Waals surface area contributed by atoms with E-state index in [2.05, 4.69) is 5.10 Å². The first kappa shape index (κ1) is 13.8. The third-order valence-electron chi connectivity index (χ3n) is 3.58. The number of hydrogen-bond donors (Lipinski definition) is 1. The third-order valence-corrected chi connectivity index (χ3v) is 4.05. The van der Waals surface area contributed by atoms with Crippen molar-refractivity contribution in [1.82, 2.24) is 9.78 Å². The van der Waals surface area contributed by atoms with E-state index < -0.39 is 0 Å². The van der Waals surface area contributed by atoms with E-state index in [-0.39, 0.29) is 12.1 Å². The minimum absolute atomic E-state index is 0.00199. The molecule has 2 rings (SSSR count). The van der Waals surface area contributed by atoms with Crippen molar-refractivity contribution in [3.8, 4) is 0 Å². The number of aromatic nitrogens is 2. The van der Waals surface area contributed by atoms with Gasteiger partial charge >= 0.3 is 0 Å². The Labute approximate surface area is 113 Å². The fourth-order valence-electron chi connectivity index (χ4n) is 2.48. The summed E-state index contributed by atoms with van der Waals surface area (Å²) >= 11 is 6.24. The first-order chi connectivity index (χ1) is 8.54. The van der Waals surface area contributed by atoms with E-state index >= 15 is 0 Å². The van der Waals surface area contributed by atoms with Crippen LogP contribution in [0.1, 0.15) is 31.0 Å². The summed E-state index contributed by atoms with van der Waals surface area (Å²) in [7, 11) is 1.85. The van der Waals surface area contributed by atoms with Crippen molar-refractivity contribution in [2.45, 2.75) is 45.3 Å². The van der Waals surface area contributed by atoms with Gasteiger partial charge in [0.2, 0.25) is 0 Å². The van der Waals surface area contributed by atoms with Crippen LogP contribution < -0.4 is 5.73 Å². The lowest BCUT2D eigenvalue weighted by atomic mass is 9.99. The Hall–Kier alpha value is -0.580. The van der Waals surface area contributed by atoms with Crippen molar-refractivity contribution >= 4 is 11.6 Å². The van der Waals surface area contributed by atoms with Crippen molar-refractivity contribution in [2.24, 2.45) is 18.7 Å². The summed E-state index contributed by atoms with van der Waals surface area (Å²) in [5, 5.41) is 5.01. The smallest absolute Gasteiger partial charge is 0.130 e.